The number of anilines is 3. The third-order valence-corrected chi connectivity index (χ3v) is 3.63. The maximum absolute atomic E-state index is 11.7. The van der Waals surface area contributed by atoms with Gasteiger partial charge in [0.15, 0.2) is 0 Å². The topological polar surface area (TPSA) is 66.9 Å². The largest absolute Gasteiger partial charge is 0.340 e. The fraction of sp³-hybridized carbons (Fsp3) is 0.150. The summed E-state index contributed by atoms with van der Waals surface area (Å²) < 4.78 is 0. The molecule has 0 atom stereocenters. The van der Waals surface area contributed by atoms with E-state index in [4.69, 9.17) is 0 Å². The Morgan fingerprint density at radius 2 is 1.76 bits per heavy atom. The highest BCUT2D eigenvalue weighted by Gasteiger charge is 2.04. The van der Waals surface area contributed by atoms with Crippen molar-refractivity contribution in [2.75, 3.05) is 10.6 Å². The van der Waals surface area contributed by atoms with Crippen molar-refractivity contribution in [2.45, 2.75) is 19.8 Å². The van der Waals surface area contributed by atoms with Crippen LogP contribution in [0.15, 0.2) is 67.0 Å². The van der Waals surface area contributed by atoms with Crippen LogP contribution >= 0.6 is 0 Å². The lowest BCUT2D eigenvalue weighted by Gasteiger charge is -2.09. The highest BCUT2D eigenvalue weighted by molar-refractivity contribution is 5.91. The molecule has 25 heavy (non-hydrogen) atoms. The highest BCUT2D eigenvalue weighted by Crippen LogP contribution is 2.22. The van der Waals surface area contributed by atoms with Gasteiger partial charge in [-0.3, -0.25) is 4.79 Å². The second-order valence-corrected chi connectivity index (χ2v) is 5.66. The maximum Gasteiger partial charge on any atom is 0.224 e. The first-order valence-corrected chi connectivity index (χ1v) is 8.29. The standard InChI is InChI=1S/C20H20N4O/c1-2-7-20(25)24-17-11-6-10-16(12-17)23-19-13-18(21-14-22-19)15-8-4-3-5-9-15/h3-6,8-14H,2,7H2,1H3,(H,24,25)(H,21,22,23). The number of aromatic nitrogens is 2. The quantitative estimate of drug-likeness (QED) is 0.691. The summed E-state index contributed by atoms with van der Waals surface area (Å²) in [6.07, 6.45) is 2.88. The first kappa shape index (κ1) is 16.6. The van der Waals surface area contributed by atoms with E-state index in [-0.39, 0.29) is 5.91 Å². The Labute approximate surface area is 147 Å². The minimum Gasteiger partial charge on any atom is -0.340 e. The minimum absolute atomic E-state index is 0.0213. The molecule has 1 aromatic heterocycles. The Bertz CT molecular complexity index is 849. The molecule has 0 spiro atoms. The number of benzene rings is 2. The van der Waals surface area contributed by atoms with E-state index in [1.54, 1.807) is 0 Å². The molecule has 1 heterocycles. The average Bonchev–Trinajstić information content (AvgIpc) is 2.63. The van der Waals surface area contributed by atoms with E-state index in [1.807, 2.05) is 67.6 Å². The highest BCUT2D eigenvalue weighted by atomic mass is 16.1. The van der Waals surface area contributed by atoms with Crippen LogP contribution in [0, 0.1) is 0 Å². The summed E-state index contributed by atoms with van der Waals surface area (Å²) in [6, 6.07) is 19.4. The molecule has 0 aliphatic heterocycles. The summed E-state index contributed by atoms with van der Waals surface area (Å²) in [5.74, 6) is 0.721. The predicted molar refractivity (Wildman–Crippen MR) is 101 cm³/mol. The average molecular weight is 332 g/mol. The molecule has 3 aromatic rings. The molecular formula is C20H20N4O. The first-order chi connectivity index (χ1) is 12.2. The Morgan fingerprint density at radius 3 is 2.56 bits per heavy atom. The van der Waals surface area contributed by atoms with Crippen LogP contribution in [-0.2, 0) is 4.79 Å². The lowest BCUT2D eigenvalue weighted by atomic mass is 10.1. The van der Waals surface area contributed by atoms with Gasteiger partial charge in [0.05, 0.1) is 5.69 Å². The van der Waals surface area contributed by atoms with Crippen LogP contribution in [-0.4, -0.2) is 15.9 Å². The zero-order valence-electron chi connectivity index (χ0n) is 14.1. The number of nitrogens with one attached hydrogen (secondary N) is 2. The number of carbonyl (C=O) groups is 1. The van der Waals surface area contributed by atoms with E-state index in [0.717, 1.165) is 29.1 Å². The molecule has 0 fully saturated rings. The number of amides is 1. The van der Waals surface area contributed by atoms with Gasteiger partial charge in [0.2, 0.25) is 5.91 Å². The van der Waals surface area contributed by atoms with Crippen LogP contribution in [0.25, 0.3) is 11.3 Å². The maximum atomic E-state index is 11.7. The summed E-state index contributed by atoms with van der Waals surface area (Å²) in [5, 5.41) is 6.15. The van der Waals surface area contributed by atoms with Crippen molar-refractivity contribution < 1.29 is 4.79 Å². The molecular weight excluding hydrogens is 312 g/mol. The van der Waals surface area contributed by atoms with Gasteiger partial charge in [0.1, 0.15) is 12.1 Å². The normalized spacial score (nSPS) is 10.3. The zero-order chi connectivity index (χ0) is 17.5. The molecule has 1 amide bonds. The molecule has 0 saturated carbocycles. The van der Waals surface area contributed by atoms with Crippen LogP contribution in [0.2, 0.25) is 0 Å². The summed E-state index contributed by atoms with van der Waals surface area (Å²) in [4.78, 5) is 20.3. The summed E-state index contributed by atoms with van der Waals surface area (Å²) in [7, 11) is 0. The molecule has 3 rings (SSSR count). The minimum atomic E-state index is 0.0213. The molecule has 0 aliphatic rings. The predicted octanol–water partition coefficient (Wildman–Crippen LogP) is 4.63. The Hall–Kier alpha value is -3.21. The molecule has 0 saturated heterocycles. The van der Waals surface area contributed by atoms with Crippen molar-refractivity contribution in [1.82, 2.24) is 9.97 Å². The summed E-state index contributed by atoms with van der Waals surface area (Å²) >= 11 is 0. The van der Waals surface area contributed by atoms with Gasteiger partial charge < -0.3 is 10.6 Å². The number of hydrogen-bond acceptors (Lipinski definition) is 4. The lowest BCUT2D eigenvalue weighted by molar-refractivity contribution is -0.116. The van der Waals surface area contributed by atoms with Crippen LogP contribution in [0.1, 0.15) is 19.8 Å². The number of rotatable bonds is 6. The van der Waals surface area contributed by atoms with Gasteiger partial charge >= 0.3 is 0 Å². The van der Waals surface area contributed by atoms with Crippen molar-refractivity contribution in [3.63, 3.8) is 0 Å². The van der Waals surface area contributed by atoms with Gasteiger partial charge in [-0.1, -0.05) is 43.3 Å². The van der Waals surface area contributed by atoms with Gasteiger partial charge in [0.25, 0.3) is 0 Å². The van der Waals surface area contributed by atoms with Crippen LogP contribution < -0.4 is 10.6 Å². The van der Waals surface area contributed by atoms with Crippen molar-refractivity contribution in [3.05, 3.63) is 67.0 Å². The van der Waals surface area contributed by atoms with E-state index >= 15 is 0 Å². The van der Waals surface area contributed by atoms with Gasteiger partial charge in [-0.2, -0.15) is 0 Å². The van der Waals surface area contributed by atoms with Crippen LogP contribution in [0.4, 0.5) is 17.2 Å². The van der Waals surface area contributed by atoms with Gasteiger partial charge in [0, 0.05) is 29.4 Å². The fourth-order valence-corrected chi connectivity index (χ4v) is 2.47. The van der Waals surface area contributed by atoms with Crippen molar-refractivity contribution in [3.8, 4) is 11.3 Å². The van der Waals surface area contributed by atoms with E-state index in [0.29, 0.717) is 12.2 Å². The lowest BCUT2D eigenvalue weighted by Crippen LogP contribution is -2.10. The monoisotopic (exact) mass is 332 g/mol. The molecule has 0 aliphatic carbocycles. The summed E-state index contributed by atoms with van der Waals surface area (Å²) in [5.41, 5.74) is 3.51. The molecule has 0 bridgehead atoms. The van der Waals surface area contributed by atoms with Crippen molar-refractivity contribution >= 4 is 23.1 Å². The molecule has 2 aromatic carbocycles. The first-order valence-electron chi connectivity index (χ1n) is 8.29. The van der Waals surface area contributed by atoms with Gasteiger partial charge in [-0.15, -0.1) is 0 Å². The van der Waals surface area contributed by atoms with E-state index in [1.165, 1.54) is 6.33 Å². The smallest absolute Gasteiger partial charge is 0.224 e. The Kier molecular flexibility index (Phi) is 5.36. The molecule has 0 unspecified atom stereocenters. The molecule has 5 nitrogen and oxygen atoms in total. The molecule has 0 radical (unpaired) electrons. The van der Waals surface area contributed by atoms with Gasteiger partial charge in [-0.05, 0) is 24.6 Å². The van der Waals surface area contributed by atoms with E-state index in [2.05, 4.69) is 20.6 Å². The van der Waals surface area contributed by atoms with E-state index in [9.17, 15) is 4.79 Å². The second-order valence-electron chi connectivity index (χ2n) is 5.66. The Morgan fingerprint density at radius 1 is 0.960 bits per heavy atom. The SMILES string of the molecule is CCCC(=O)Nc1cccc(Nc2cc(-c3ccccc3)ncn2)c1. The third-order valence-electron chi connectivity index (χ3n) is 3.63. The van der Waals surface area contributed by atoms with E-state index < -0.39 is 0 Å². The van der Waals surface area contributed by atoms with Gasteiger partial charge in [-0.25, -0.2) is 9.97 Å². The fourth-order valence-electron chi connectivity index (χ4n) is 2.47. The third kappa shape index (κ3) is 4.64. The number of hydrogen-bond donors (Lipinski definition) is 2. The number of nitrogens with zero attached hydrogens (tertiary/aromatic N) is 2. The number of carbonyl (C=O) groups excluding carboxylic acids is 1. The second kappa shape index (κ2) is 8.06. The Balaban J connectivity index is 1.75. The zero-order valence-corrected chi connectivity index (χ0v) is 14.1. The molecule has 2 N–H and O–H groups in total. The van der Waals surface area contributed by atoms with Crippen molar-refractivity contribution in [2.24, 2.45) is 0 Å². The molecule has 5 heteroatoms. The molecule has 126 valence electrons. The van der Waals surface area contributed by atoms with Crippen LogP contribution in [0.3, 0.4) is 0 Å². The summed E-state index contributed by atoms with van der Waals surface area (Å²) in [6.45, 7) is 1.98. The van der Waals surface area contributed by atoms with Crippen molar-refractivity contribution in [1.29, 1.82) is 0 Å². The van der Waals surface area contributed by atoms with Crippen LogP contribution in [0.5, 0.6) is 0 Å².